The standard InChI is InChI=1S/C14H17N2O4/c1-3-19-14-8-12(13(9-15)16(17)20-14)10-4-6-11(18-2)7-5-10/h4-7,12,14-15H,3,8H2,1-2H3/q+1/t12-,14+/m0/s1. The zero-order valence-corrected chi connectivity index (χ0v) is 11.5. The smallest absolute Gasteiger partial charge is 0.361 e. The minimum Gasteiger partial charge on any atom is -0.497 e. The van der Waals surface area contributed by atoms with Crippen molar-refractivity contribution in [2.45, 2.75) is 25.6 Å². The first-order valence-corrected chi connectivity index (χ1v) is 6.38. The molecule has 2 atom stereocenters. The molecule has 2 rings (SSSR count). The highest BCUT2D eigenvalue weighted by molar-refractivity contribution is 5.55. The maximum Gasteiger partial charge on any atom is 0.361 e. The number of ether oxygens (including phenoxy) is 2. The first kappa shape index (κ1) is 14.2. The van der Waals surface area contributed by atoms with E-state index in [-0.39, 0.29) is 11.6 Å². The van der Waals surface area contributed by atoms with Gasteiger partial charge in [0.1, 0.15) is 5.75 Å². The molecule has 106 valence electrons. The van der Waals surface area contributed by atoms with Crippen molar-refractivity contribution in [3.8, 4) is 5.75 Å². The summed E-state index contributed by atoms with van der Waals surface area (Å²) >= 11 is 0. The van der Waals surface area contributed by atoms with E-state index < -0.39 is 6.29 Å². The van der Waals surface area contributed by atoms with E-state index in [1.54, 1.807) is 7.11 Å². The van der Waals surface area contributed by atoms with Crippen molar-refractivity contribution in [2.75, 3.05) is 13.7 Å². The first-order valence-electron chi connectivity index (χ1n) is 6.38. The lowest BCUT2D eigenvalue weighted by atomic mass is 9.92. The summed E-state index contributed by atoms with van der Waals surface area (Å²) in [4.78, 5) is 17.2. The molecule has 0 radical (unpaired) electrons. The van der Waals surface area contributed by atoms with Crippen LogP contribution in [0.25, 0.3) is 0 Å². The molecule has 0 aromatic heterocycles. The largest absolute Gasteiger partial charge is 0.497 e. The van der Waals surface area contributed by atoms with Gasteiger partial charge in [0.15, 0.2) is 0 Å². The molecule has 0 saturated carbocycles. The molecule has 1 aromatic rings. The van der Waals surface area contributed by atoms with Gasteiger partial charge in [0.2, 0.25) is 0 Å². The maximum absolute atomic E-state index is 11.8. The van der Waals surface area contributed by atoms with Crippen LogP contribution in [0.5, 0.6) is 5.75 Å². The zero-order valence-electron chi connectivity index (χ0n) is 11.5. The number of hydrogen-bond donors (Lipinski definition) is 1. The van der Waals surface area contributed by atoms with E-state index in [9.17, 15) is 4.91 Å². The summed E-state index contributed by atoms with van der Waals surface area (Å²) < 4.78 is 10.5. The van der Waals surface area contributed by atoms with Crippen LogP contribution in [0.4, 0.5) is 0 Å². The molecule has 1 aliphatic rings. The van der Waals surface area contributed by atoms with Gasteiger partial charge >= 0.3 is 5.70 Å². The topological polar surface area (TPSA) is 71.6 Å². The molecule has 1 saturated heterocycles. The molecule has 0 bridgehead atoms. The number of hydrogen-bond acceptors (Lipinski definition) is 5. The minimum atomic E-state index is -0.610. The summed E-state index contributed by atoms with van der Waals surface area (Å²) in [5, 5.41) is 7.28. The van der Waals surface area contributed by atoms with Crippen molar-refractivity contribution in [1.29, 1.82) is 5.41 Å². The second-order valence-electron chi connectivity index (χ2n) is 4.32. The predicted molar refractivity (Wildman–Crippen MR) is 71.7 cm³/mol. The highest BCUT2D eigenvalue weighted by Gasteiger charge is 2.43. The number of nitrogens with zero attached hydrogens (tertiary/aromatic N) is 1. The average molecular weight is 277 g/mol. The second-order valence-corrected chi connectivity index (χ2v) is 4.32. The molecule has 1 aromatic carbocycles. The lowest BCUT2D eigenvalue weighted by Crippen LogP contribution is -2.33. The van der Waals surface area contributed by atoms with Gasteiger partial charge in [0, 0.05) is 13.0 Å². The molecule has 0 spiro atoms. The van der Waals surface area contributed by atoms with Gasteiger partial charge in [0.25, 0.3) is 11.2 Å². The quantitative estimate of drug-likeness (QED) is 0.858. The number of rotatable bonds is 4. The van der Waals surface area contributed by atoms with Crippen LogP contribution in [0.2, 0.25) is 0 Å². The number of nitrogens with one attached hydrogen (secondary N) is 1. The average Bonchev–Trinajstić information content (AvgIpc) is 2.47. The van der Waals surface area contributed by atoms with Crippen LogP contribution in [-0.2, 0) is 9.57 Å². The van der Waals surface area contributed by atoms with E-state index in [1.807, 2.05) is 31.2 Å². The van der Waals surface area contributed by atoms with Crippen LogP contribution >= 0.6 is 0 Å². The molecule has 0 aliphatic carbocycles. The fourth-order valence-electron chi connectivity index (χ4n) is 2.19. The van der Waals surface area contributed by atoms with Crippen LogP contribution < -0.4 is 4.74 Å². The van der Waals surface area contributed by atoms with Crippen molar-refractivity contribution in [3.05, 3.63) is 40.4 Å². The number of benzene rings is 1. The van der Waals surface area contributed by atoms with Crippen LogP contribution in [0.3, 0.4) is 0 Å². The molecular formula is C14H17N2O4+. The Morgan fingerprint density at radius 3 is 2.70 bits per heavy atom. The SMILES string of the molecule is CCO[C@H]1C[C@@H](c2ccc(OC)cc2)C(=C=N)[N+](=O)O1. The lowest BCUT2D eigenvalue weighted by molar-refractivity contribution is -0.801. The Balaban J connectivity index is 2.28. The van der Waals surface area contributed by atoms with E-state index in [0.717, 1.165) is 11.3 Å². The normalized spacial score (nSPS) is 22.1. The van der Waals surface area contributed by atoms with Crippen LogP contribution in [0.15, 0.2) is 30.0 Å². The van der Waals surface area contributed by atoms with Crippen molar-refractivity contribution in [2.24, 2.45) is 0 Å². The zero-order chi connectivity index (χ0) is 14.5. The Kier molecular flexibility index (Phi) is 4.50. The van der Waals surface area contributed by atoms with Crippen molar-refractivity contribution in [1.82, 2.24) is 0 Å². The van der Waals surface area contributed by atoms with E-state index in [0.29, 0.717) is 18.0 Å². The minimum absolute atomic E-state index is 0.145. The van der Waals surface area contributed by atoms with Gasteiger partial charge < -0.3 is 9.47 Å². The van der Waals surface area contributed by atoms with Crippen molar-refractivity contribution >= 4 is 5.87 Å². The van der Waals surface area contributed by atoms with Gasteiger partial charge in [0.05, 0.1) is 23.8 Å². The maximum atomic E-state index is 11.8. The molecule has 6 heteroatoms. The van der Waals surface area contributed by atoms with Gasteiger partial charge in [-0.05, 0) is 24.6 Å². The first-order chi connectivity index (χ1) is 9.69. The number of allylic oxidation sites excluding steroid dienone is 1. The Morgan fingerprint density at radius 1 is 1.45 bits per heavy atom. The molecule has 1 fully saturated rings. The highest BCUT2D eigenvalue weighted by atomic mass is 16.8. The molecular weight excluding hydrogens is 260 g/mol. The Morgan fingerprint density at radius 2 is 2.15 bits per heavy atom. The summed E-state index contributed by atoms with van der Waals surface area (Å²) in [5.74, 6) is 2.62. The Hall–Kier alpha value is -2.17. The lowest BCUT2D eigenvalue weighted by Gasteiger charge is -2.22. The Labute approximate surface area is 117 Å². The second kappa shape index (κ2) is 6.32. The van der Waals surface area contributed by atoms with Gasteiger partial charge in [-0.3, -0.25) is 5.41 Å². The fraction of sp³-hybridized carbons (Fsp3) is 0.429. The molecule has 0 amide bonds. The summed E-state index contributed by atoms with van der Waals surface area (Å²) in [7, 11) is 1.59. The summed E-state index contributed by atoms with van der Waals surface area (Å²) in [5.41, 5.74) is 1.04. The van der Waals surface area contributed by atoms with Gasteiger partial charge in [-0.25, -0.2) is 0 Å². The van der Waals surface area contributed by atoms with Crippen LogP contribution in [-0.4, -0.2) is 30.8 Å². The summed E-state index contributed by atoms with van der Waals surface area (Å²) in [6, 6.07) is 7.36. The van der Waals surface area contributed by atoms with Crippen molar-refractivity contribution in [3.63, 3.8) is 0 Å². The molecule has 20 heavy (non-hydrogen) atoms. The van der Waals surface area contributed by atoms with Gasteiger partial charge in [-0.1, -0.05) is 12.1 Å². The van der Waals surface area contributed by atoms with E-state index in [4.69, 9.17) is 19.7 Å². The molecule has 0 unspecified atom stereocenters. The molecule has 6 nitrogen and oxygen atoms in total. The van der Waals surface area contributed by atoms with Crippen LogP contribution in [0, 0.1) is 10.3 Å². The van der Waals surface area contributed by atoms with E-state index in [2.05, 4.69) is 5.87 Å². The third-order valence-electron chi connectivity index (χ3n) is 3.17. The number of methoxy groups -OCH3 is 1. The molecule has 1 heterocycles. The fourth-order valence-corrected chi connectivity index (χ4v) is 2.19. The van der Waals surface area contributed by atoms with Crippen molar-refractivity contribution < 1.29 is 19.2 Å². The van der Waals surface area contributed by atoms with E-state index in [1.165, 1.54) is 0 Å². The predicted octanol–water partition coefficient (Wildman–Crippen LogP) is 2.39. The molecule has 1 N–H and O–H groups in total. The summed E-state index contributed by atoms with van der Waals surface area (Å²) in [6.45, 7) is 2.29. The van der Waals surface area contributed by atoms with Gasteiger partial charge in [-0.15, -0.1) is 0 Å². The molecule has 1 aliphatic heterocycles. The van der Waals surface area contributed by atoms with Crippen LogP contribution in [0.1, 0.15) is 24.8 Å². The monoisotopic (exact) mass is 277 g/mol. The highest BCUT2D eigenvalue weighted by Crippen LogP contribution is 2.34. The third-order valence-corrected chi connectivity index (χ3v) is 3.17. The third kappa shape index (κ3) is 2.87. The Bertz CT molecular complexity index is 535. The van der Waals surface area contributed by atoms with Gasteiger partial charge in [-0.2, -0.15) is 4.84 Å². The summed E-state index contributed by atoms with van der Waals surface area (Å²) in [6.07, 6.45) is -0.137. The van der Waals surface area contributed by atoms with E-state index >= 15 is 0 Å².